The standard InChI is InChI=1S/C15H12Cl2N2O4/c1-9(15(20)18-11-4-2-10(16)3-5-11)23-14-7-6-12(19(21)22)8-13(14)17/h2-9H,1H3,(H,18,20). The van der Waals surface area contributed by atoms with E-state index in [1.807, 2.05) is 0 Å². The van der Waals surface area contributed by atoms with Gasteiger partial charge in [0.1, 0.15) is 5.75 Å². The number of carbonyl (C=O) groups is 1. The Morgan fingerprint density at radius 2 is 1.87 bits per heavy atom. The highest BCUT2D eigenvalue weighted by Crippen LogP contribution is 2.29. The summed E-state index contributed by atoms with van der Waals surface area (Å²) in [5.41, 5.74) is 0.422. The molecular weight excluding hydrogens is 343 g/mol. The minimum Gasteiger partial charge on any atom is -0.479 e. The zero-order valence-electron chi connectivity index (χ0n) is 12.0. The second-order valence-corrected chi connectivity index (χ2v) is 5.47. The lowest BCUT2D eigenvalue weighted by molar-refractivity contribution is -0.384. The fourth-order valence-corrected chi connectivity index (χ4v) is 2.07. The predicted octanol–water partition coefficient (Wildman–Crippen LogP) is 4.31. The zero-order valence-corrected chi connectivity index (χ0v) is 13.5. The third-order valence-electron chi connectivity index (χ3n) is 2.91. The first kappa shape index (κ1) is 17.1. The molecule has 0 spiro atoms. The van der Waals surface area contributed by atoms with E-state index in [9.17, 15) is 14.9 Å². The molecule has 0 aromatic heterocycles. The van der Waals surface area contributed by atoms with Gasteiger partial charge in [-0.2, -0.15) is 0 Å². The van der Waals surface area contributed by atoms with Gasteiger partial charge in [-0.25, -0.2) is 0 Å². The van der Waals surface area contributed by atoms with Crippen molar-refractivity contribution in [3.05, 3.63) is 62.6 Å². The molecule has 0 aliphatic heterocycles. The van der Waals surface area contributed by atoms with E-state index >= 15 is 0 Å². The van der Waals surface area contributed by atoms with Gasteiger partial charge >= 0.3 is 0 Å². The largest absolute Gasteiger partial charge is 0.479 e. The van der Waals surface area contributed by atoms with E-state index < -0.39 is 11.0 Å². The van der Waals surface area contributed by atoms with Gasteiger partial charge in [-0.15, -0.1) is 0 Å². The van der Waals surface area contributed by atoms with Crippen LogP contribution in [0.4, 0.5) is 11.4 Å². The van der Waals surface area contributed by atoms with Crippen molar-refractivity contribution in [2.75, 3.05) is 5.32 Å². The van der Waals surface area contributed by atoms with Crippen molar-refractivity contribution in [1.29, 1.82) is 0 Å². The van der Waals surface area contributed by atoms with E-state index in [0.717, 1.165) is 0 Å². The highest BCUT2D eigenvalue weighted by molar-refractivity contribution is 6.32. The Morgan fingerprint density at radius 1 is 1.22 bits per heavy atom. The topological polar surface area (TPSA) is 81.5 Å². The van der Waals surface area contributed by atoms with Crippen LogP contribution in [0, 0.1) is 10.1 Å². The van der Waals surface area contributed by atoms with Gasteiger partial charge in [0.05, 0.1) is 9.95 Å². The number of halogens is 2. The summed E-state index contributed by atoms with van der Waals surface area (Å²) >= 11 is 11.7. The van der Waals surface area contributed by atoms with Crippen LogP contribution in [0.5, 0.6) is 5.75 Å². The first-order chi connectivity index (χ1) is 10.9. The third-order valence-corrected chi connectivity index (χ3v) is 3.46. The Bertz CT molecular complexity index is 735. The number of non-ortho nitro benzene ring substituents is 1. The van der Waals surface area contributed by atoms with Gasteiger partial charge in [0.25, 0.3) is 11.6 Å². The maximum Gasteiger partial charge on any atom is 0.271 e. The molecular formula is C15H12Cl2N2O4. The van der Waals surface area contributed by atoms with Gasteiger partial charge in [0.15, 0.2) is 6.10 Å². The molecule has 1 unspecified atom stereocenters. The molecule has 1 N–H and O–H groups in total. The Balaban J connectivity index is 2.03. The van der Waals surface area contributed by atoms with Crippen molar-refractivity contribution in [3.63, 3.8) is 0 Å². The Kier molecular flexibility index (Phi) is 5.41. The summed E-state index contributed by atoms with van der Waals surface area (Å²) in [6, 6.07) is 10.4. The number of amides is 1. The normalized spacial score (nSPS) is 11.6. The van der Waals surface area contributed by atoms with Crippen molar-refractivity contribution in [3.8, 4) is 5.75 Å². The van der Waals surface area contributed by atoms with Crippen LogP contribution in [0.25, 0.3) is 0 Å². The van der Waals surface area contributed by atoms with Crippen molar-refractivity contribution >= 4 is 40.5 Å². The number of rotatable bonds is 5. The monoisotopic (exact) mass is 354 g/mol. The van der Waals surface area contributed by atoms with Crippen LogP contribution in [0.15, 0.2) is 42.5 Å². The fraction of sp³-hybridized carbons (Fsp3) is 0.133. The van der Waals surface area contributed by atoms with Gasteiger partial charge in [-0.1, -0.05) is 23.2 Å². The van der Waals surface area contributed by atoms with Crippen LogP contribution < -0.4 is 10.1 Å². The number of anilines is 1. The molecule has 2 rings (SSSR count). The molecule has 120 valence electrons. The SMILES string of the molecule is CC(Oc1ccc([N+](=O)[O-])cc1Cl)C(=O)Nc1ccc(Cl)cc1. The number of nitro groups is 1. The molecule has 1 atom stereocenters. The van der Waals surface area contributed by atoms with Crippen LogP contribution in [-0.4, -0.2) is 16.9 Å². The molecule has 0 heterocycles. The van der Waals surface area contributed by atoms with Gasteiger partial charge in [0, 0.05) is 22.8 Å². The number of nitrogens with zero attached hydrogens (tertiary/aromatic N) is 1. The summed E-state index contributed by atoms with van der Waals surface area (Å²) in [4.78, 5) is 22.2. The maximum absolute atomic E-state index is 12.1. The number of nitrogens with one attached hydrogen (secondary N) is 1. The van der Waals surface area contributed by atoms with Crippen molar-refractivity contribution < 1.29 is 14.5 Å². The molecule has 0 aliphatic rings. The summed E-state index contributed by atoms with van der Waals surface area (Å²) in [6.07, 6.45) is -0.843. The van der Waals surface area contributed by atoms with Crippen molar-refractivity contribution in [2.24, 2.45) is 0 Å². The highest BCUT2D eigenvalue weighted by Gasteiger charge is 2.18. The van der Waals surface area contributed by atoms with E-state index in [1.54, 1.807) is 31.2 Å². The molecule has 0 radical (unpaired) electrons. The van der Waals surface area contributed by atoms with Crippen LogP contribution >= 0.6 is 23.2 Å². The average molecular weight is 355 g/mol. The lowest BCUT2D eigenvalue weighted by Crippen LogP contribution is -2.30. The van der Waals surface area contributed by atoms with Crippen LogP contribution in [0.3, 0.4) is 0 Å². The minimum atomic E-state index is -0.843. The molecule has 0 bridgehead atoms. The number of nitro benzene ring substituents is 1. The summed E-state index contributed by atoms with van der Waals surface area (Å²) < 4.78 is 5.44. The summed E-state index contributed by atoms with van der Waals surface area (Å²) in [7, 11) is 0. The number of ether oxygens (including phenoxy) is 1. The third kappa shape index (κ3) is 4.58. The van der Waals surface area contributed by atoms with E-state index in [1.165, 1.54) is 18.2 Å². The van der Waals surface area contributed by atoms with Crippen molar-refractivity contribution in [2.45, 2.75) is 13.0 Å². The van der Waals surface area contributed by atoms with Crippen molar-refractivity contribution in [1.82, 2.24) is 0 Å². The van der Waals surface area contributed by atoms with Crippen LogP contribution in [0.2, 0.25) is 10.0 Å². The van der Waals surface area contributed by atoms with E-state index in [0.29, 0.717) is 10.7 Å². The second-order valence-electron chi connectivity index (χ2n) is 4.63. The van der Waals surface area contributed by atoms with Gasteiger partial charge < -0.3 is 10.1 Å². The lowest BCUT2D eigenvalue weighted by Gasteiger charge is -2.15. The molecule has 2 aromatic carbocycles. The average Bonchev–Trinajstić information content (AvgIpc) is 2.51. The number of hydrogen-bond acceptors (Lipinski definition) is 4. The molecule has 6 nitrogen and oxygen atoms in total. The predicted molar refractivity (Wildman–Crippen MR) is 88.3 cm³/mol. The second kappa shape index (κ2) is 7.30. The Morgan fingerprint density at radius 3 is 2.43 bits per heavy atom. The Labute approximate surface area is 142 Å². The van der Waals surface area contributed by atoms with E-state index in [2.05, 4.69) is 5.32 Å². The minimum absolute atomic E-state index is 0.0605. The van der Waals surface area contributed by atoms with Gasteiger partial charge in [-0.05, 0) is 37.3 Å². The molecule has 1 amide bonds. The number of hydrogen-bond donors (Lipinski definition) is 1. The van der Waals surface area contributed by atoms with E-state index in [4.69, 9.17) is 27.9 Å². The van der Waals surface area contributed by atoms with Gasteiger partial charge in [-0.3, -0.25) is 14.9 Å². The summed E-state index contributed by atoms with van der Waals surface area (Å²) in [5, 5.41) is 13.9. The van der Waals surface area contributed by atoms with E-state index in [-0.39, 0.29) is 22.4 Å². The molecule has 23 heavy (non-hydrogen) atoms. The van der Waals surface area contributed by atoms with Crippen LogP contribution in [-0.2, 0) is 4.79 Å². The first-order valence-corrected chi connectivity index (χ1v) is 7.29. The highest BCUT2D eigenvalue weighted by atomic mass is 35.5. The number of benzene rings is 2. The molecule has 0 fully saturated rings. The maximum atomic E-state index is 12.1. The summed E-state index contributed by atoms with van der Waals surface area (Å²) in [6.45, 7) is 1.54. The summed E-state index contributed by atoms with van der Waals surface area (Å²) in [5.74, 6) is -0.197. The Hall–Kier alpha value is -2.31. The zero-order chi connectivity index (χ0) is 17.0. The smallest absolute Gasteiger partial charge is 0.271 e. The lowest BCUT2D eigenvalue weighted by atomic mass is 10.3. The van der Waals surface area contributed by atoms with Gasteiger partial charge in [0.2, 0.25) is 0 Å². The number of carbonyl (C=O) groups excluding carboxylic acids is 1. The molecule has 0 saturated heterocycles. The molecule has 0 saturated carbocycles. The first-order valence-electron chi connectivity index (χ1n) is 6.54. The molecule has 8 heteroatoms. The molecule has 0 aliphatic carbocycles. The quantitative estimate of drug-likeness (QED) is 0.640. The fourth-order valence-electron chi connectivity index (χ4n) is 1.72. The molecule has 2 aromatic rings. The van der Waals surface area contributed by atoms with Crippen LogP contribution in [0.1, 0.15) is 6.92 Å².